The third-order valence-corrected chi connectivity index (χ3v) is 3.57. The molecule has 1 atom stereocenters. The van der Waals surface area contributed by atoms with Crippen LogP contribution in [-0.2, 0) is 33.7 Å². The molecule has 166 valence electrons. The largest absolute Gasteiger partial charge is 0.473 e. The van der Waals surface area contributed by atoms with Gasteiger partial charge < -0.3 is 24.5 Å². The molecule has 0 spiro atoms. The normalized spacial score (nSPS) is 12.2. The van der Waals surface area contributed by atoms with Crippen LogP contribution in [0.15, 0.2) is 47.1 Å². The van der Waals surface area contributed by atoms with Crippen molar-refractivity contribution < 1.29 is 47.2 Å². The van der Waals surface area contributed by atoms with E-state index >= 15 is 0 Å². The predicted molar refractivity (Wildman–Crippen MR) is 97.4 cm³/mol. The van der Waals surface area contributed by atoms with Gasteiger partial charge in [-0.2, -0.15) is 13.2 Å². The highest BCUT2D eigenvalue weighted by Gasteiger charge is 2.29. The number of benzene rings is 1. The van der Waals surface area contributed by atoms with Gasteiger partial charge in [-0.15, -0.1) is 0 Å². The van der Waals surface area contributed by atoms with E-state index in [0.29, 0.717) is 18.8 Å². The SMILES string of the molecule is CN(Cc1ccc(C(F)(F)F)cc1)CC(O)COCc1ccco1.O=C(O)C(=O)O. The van der Waals surface area contributed by atoms with Gasteiger partial charge in [0.25, 0.3) is 0 Å². The Kier molecular flexibility index (Phi) is 10.0. The van der Waals surface area contributed by atoms with E-state index in [1.165, 1.54) is 12.1 Å². The maximum atomic E-state index is 12.5. The molecule has 3 N–H and O–H groups in total. The fraction of sp³-hybridized carbons (Fsp3) is 0.368. The molecular weight excluding hydrogens is 411 g/mol. The third-order valence-electron chi connectivity index (χ3n) is 3.57. The van der Waals surface area contributed by atoms with Gasteiger partial charge in [0.2, 0.25) is 0 Å². The van der Waals surface area contributed by atoms with Gasteiger partial charge in [-0.1, -0.05) is 12.1 Å². The number of carbonyl (C=O) groups is 2. The summed E-state index contributed by atoms with van der Waals surface area (Å²) in [5.74, 6) is -2.97. The summed E-state index contributed by atoms with van der Waals surface area (Å²) in [5.41, 5.74) is 0.0782. The van der Waals surface area contributed by atoms with Crippen LogP contribution in [0.5, 0.6) is 0 Å². The van der Waals surface area contributed by atoms with Crippen molar-refractivity contribution in [1.82, 2.24) is 4.90 Å². The van der Waals surface area contributed by atoms with Crippen molar-refractivity contribution in [3.05, 3.63) is 59.5 Å². The summed E-state index contributed by atoms with van der Waals surface area (Å²) >= 11 is 0. The Bertz CT molecular complexity index is 764. The Morgan fingerprint density at radius 3 is 2.20 bits per heavy atom. The number of hydrogen-bond acceptors (Lipinski definition) is 6. The van der Waals surface area contributed by atoms with Crippen molar-refractivity contribution in [2.24, 2.45) is 0 Å². The maximum Gasteiger partial charge on any atom is 0.416 e. The lowest BCUT2D eigenvalue weighted by atomic mass is 10.1. The van der Waals surface area contributed by atoms with Crippen molar-refractivity contribution in [2.45, 2.75) is 25.4 Å². The number of halogens is 3. The zero-order valence-electron chi connectivity index (χ0n) is 16.0. The van der Waals surface area contributed by atoms with Crippen molar-refractivity contribution in [3.8, 4) is 0 Å². The van der Waals surface area contributed by atoms with Crippen LogP contribution in [0.1, 0.15) is 16.9 Å². The molecule has 0 saturated heterocycles. The molecule has 0 radical (unpaired) electrons. The van der Waals surface area contributed by atoms with Gasteiger partial charge >= 0.3 is 18.1 Å². The fourth-order valence-electron chi connectivity index (χ4n) is 2.28. The molecule has 0 aliphatic carbocycles. The maximum absolute atomic E-state index is 12.5. The monoisotopic (exact) mass is 433 g/mol. The lowest BCUT2D eigenvalue weighted by Crippen LogP contribution is -2.31. The number of furan rings is 1. The van der Waals surface area contributed by atoms with Gasteiger partial charge in [0.05, 0.1) is 24.5 Å². The minimum absolute atomic E-state index is 0.151. The van der Waals surface area contributed by atoms with Crippen LogP contribution >= 0.6 is 0 Å². The minimum atomic E-state index is -4.33. The van der Waals surface area contributed by atoms with Crippen molar-refractivity contribution >= 4 is 11.9 Å². The second-order valence-corrected chi connectivity index (χ2v) is 6.25. The van der Waals surface area contributed by atoms with E-state index in [4.69, 9.17) is 29.0 Å². The first-order chi connectivity index (χ1) is 14.0. The molecule has 0 aliphatic heterocycles. The molecule has 1 aromatic carbocycles. The van der Waals surface area contributed by atoms with E-state index in [9.17, 15) is 18.3 Å². The van der Waals surface area contributed by atoms with Gasteiger partial charge in [0.1, 0.15) is 12.4 Å². The summed E-state index contributed by atoms with van der Waals surface area (Å²) in [7, 11) is 1.79. The fourth-order valence-corrected chi connectivity index (χ4v) is 2.28. The summed E-state index contributed by atoms with van der Waals surface area (Å²) < 4.78 is 48.0. The quantitative estimate of drug-likeness (QED) is 0.543. The number of aliphatic hydroxyl groups excluding tert-OH is 1. The number of rotatable bonds is 8. The molecule has 11 heteroatoms. The first-order valence-corrected chi connectivity index (χ1v) is 8.58. The molecule has 1 unspecified atom stereocenters. The molecule has 0 bridgehead atoms. The van der Waals surface area contributed by atoms with E-state index < -0.39 is 29.8 Å². The highest BCUT2D eigenvalue weighted by atomic mass is 19.4. The molecule has 0 aliphatic rings. The first kappa shape index (κ1) is 25.1. The number of ether oxygens (including phenoxy) is 1. The molecule has 30 heavy (non-hydrogen) atoms. The molecule has 8 nitrogen and oxygen atoms in total. The standard InChI is InChI=1S/C17H20F3NO3.C2H2O4/c1-21(9-13-4-6-14(7-5-13)17(18,19)20)10-15(22)11-23-12-16-3-2-8-24-16;3-1(4)2(5)6/h2-8,15,22H,9-12H2,1H3;(H,3,4)(H,5,6). The highest BCUT2D eigenvalue weighted by molar-refractivity contribution is 6.27. The number of likely N-dealkylation sites (N-methyl/N-ethyl adjacent to an activating group) is 1. The van der Waals surface area contributed by atoms with E-state index in [1.807, 2.05) is 4.90 Å². The van der Waals surface area contributed by atoms with Crippen molar-refractivity contribution in [2.75, 3.05) is 20.2 Å². The molecule has 1 heterocycles. The topological polar surface area (TPSA) is 120 Å². The molecule has 2 rings (SSSR count). The van der Waals surface area contributed by atoms with E-state index in [-0.39, 0.29) is 13.2 Å². The Morgan fingerprint density at radius 1 is 1.13 bits per heavy atom. The van der Waals surface area contributed by atoms with Crippen LogP contribution in [0.25, 0.3) is 0 Å². The number of carboxylic acids is 2. The first-order valence-electron chi connectivity index (χ1n) is 8.58. The number of carboxylic acid groups (broad SMARTS) is 2. The second-order valence-electron chi connectivity index (χ2n) is 6.25. The third kappa shape index (κ3) is 10.0. The van der Waals surface area contributed by atoms with Crippen molar-refractivity contribution in [1.29, 1.82) is 0 Å². The number of nitrogens with zero attached hydrogens (tertiary/aromatic N) is 1. The average Bonchev–Trinajstić information content (AvgIpc) is 3.15. The number of alkyl halides is 3. The van der Waals surface area contributed by atoms with Crippen LogP contribution in [0.3, 0.4) is 0 Å². The molecule has 2 aromatic rings. The van der Waals surface area contributed by atoms with Crippen molar-refractivity contribution in [3.63, 3.8) is 0 Å². The van der Waals surface area contributed by atoms with Crippen LogP contribution < -0.4 is 0 Å². The van der Waals surface area contributed by atoms with Gasteiger partial charge in [0, 0.05) is 13.1 Å². The van der Waals surface area contributed by atoms with Gasteiger partial charge in [-0.05, 0) is 36.9 Å². The van der Waals surface area contributed by atoms with Crippen LogP contribution in [-0.4, -0.2) is 58.5 Å². The smallest absolute Gasteiger partial charge is 0.416 e. The summed E-state index contributed by atoms with van der Waals surface area (Å²) in [6.07, 6.45) is -3.47. The van der Waals surface area contributed by atoms with Crippen LogP contribution in [0.4, 0.5) is 13.2 Å². The van der Waals surface area contributed by atoms with Gasteiger partial charge in [-0.25, -0.2) is 9.59 Å². The van der Waals surface area contributed by atoms with Crippen LogP contribution in [0.2, 0.25) is 0 Å². The summed E-state index contributed by atoms with van der Waals surface area (Å²) in [6.45, 7) is 1.22. The molecular formula is C19H22F3NO7. The Hall–Kier alpha value is -2.89. The summed E-state index contributed by atoms with van der Waals surface area (Å²) in [5, 5.41) is 24.7. The molecule has 1 aromatic heterocycles. The highest BCUT2D eigenvalue weighted by Crippen LogP contribution is 2.29. The lowest BCUT2D eigenvalue weighted by molar-refractivity contribution is -0.159. The zero-order chi connectivity index (χ0) is 22.7. The van der Waals surface area contributed by atoms with Crippen LogP contribution in [0, 0.1) is 0 Å². The predicted octanol–water partition coefficient (Wildman–Crippen LogP) is 2.46. The Morgan fingerprint density at radius 2 is 1.73 bits per heavy atom. The average molecular weight is 433 g/mol. The lowest BCUT2D eigenvalue weighted by Gasteiger charge is -2.20. The summed E-state index contributed by atoms with van der Waals surface area (Å²) in [4.78, 5) is 20.0. The molecule has 0 fully saturated rings. The van der Waals surface area contributed by atoms with Gasteiger partial charge in [-0.3, -0.25) is 4.90 Å². The minimum Gasteiger partial charge on any atom is -0.473 e. The zero-order valence-corrected chi connectivity index (χ0v) is 16.0. The van der Waals surface area contributed by atoms with E-state index in [0.717, 1.165) is 17.7 Å². The Balaban J connectivity index is 0.000000656. The molecule has 0 amide bonds. The molecule has 0 saturated carbocycles. The summed E-state index contributed by atoms with van der Waals surface area (Å²) in [6, 6.07) is 8.55. The number of hydrogen-bond donors (Lipinski definition) is 3. The van der Waals surface area contributed by atoms with E-state index in [1.54, 1.807) is 25.4 Å². The van der Waals surface area contributed by atoms with Gasteiger partial charge in [0.15, 0.2) is 0 Å². The number of aliphatic carboxylic acids is 2. The second kappa shape index (κ2) is 12.0. The van der Waals surface area contributed by atoms with E-state index in [2.05, 4.69) is 0 Å². The Labute approximate surface area is 170 Å². The number of aliphatic hydroxyl groups is 1.